The van der Waals surface area contributed by atoms with E-state index < -0.39 is 0 Å². The van der Waals surface area contributed by atoms with Gasteiger partial charge in [0, 0.05) is 22.2 Å². The van der Waals surface area contributed by atoms with Crippen LogP contribution in [0, 0.1) is 17.2 Å². The molecule has 0 bridgehead atoms. The number of thiazole rings is 1. The third kappa shape index (κ3) is 3.95. The second-order valence-electron chi connectivity index (χ2n) is 7.99. The van der Waals surface area contributed by atoms with Crippen molar-refractivity contribution in [2.75, 3.05) is 0 Å². The Morgan fingerprint density at radius 1 is 1.13 bits per heavy atom. The fraction of sp³-hybridized carbons (Fsp3) is 0.192. The van der Waals surface area contributed by atoms with Gasteiger partial charge in [0.2, 0.25) is 0 Å². The standard InChI is InChI=1S/C26H22N4S/c1-18-12-13-23-24(14-18)31-26(28-23)20(16-27)15-21-17-30(22-10-6-3-7-11-22)29-25(21)19-8-4-2-5-9-19/h2-11,15,17-18H,12-14H2,1H3. The van der Waals surface area contributed by atoms with Crippen LogP contribution in [0.25, 0.3) is 28.6 Å². The molecule has 4 nitrogen and oxygen atoms in total. The summed E-state index contributed by atoms with van der Waals surface area (Å²) in [5.41, 5.74) is 5.53. The monoisotopic (exact) mass is 422 g/mol. The normalized spacial score (nSPS) is 16.0. The Hall–Kier alpha value is -3.49. The van der Waals surface area contributed by atoms with E-state index in [0.717, 1.165) is 40.4 Å². The summed E-state index contributed by atoms with van der Waals surface area (Å²) >= 11 is 1.67. The first-order chi connectivity index (χ1) is 15.2. The number of nitrogens with zero attached hydrogens (tertiary/aromatic N) is 4. The maximum atomic E-state index is 9.96. The molecule has 1 aliphatic carbocycles. The number of hydrogen-bond donors (Lipinski definition) is 0. The molecule has 0 aliphatic heterocycles. The number of benzene rings is 2. The van der Waals surface area contributed by atoms with Crippen molar-refractivity contribution >= 4 is 23.0 Å². The van der Waals surface area contributed by atoms with Crippen LogP contribution in [0.1, 0.15) is 34.5 Å². The highest BCUT2D eigenvalue weighted by molar-refractivity contribution is 7.13. The molecule has 0 N–H and O–H groups in total. The molecular weight excluding hydrogens is 400 g/mol. The first-order valence-corrected chi connectivity index (χ1v) is 11.3. The molecule has 0 amide bonds. The smallest absolute Gasteiger partial charge is 0.134 e. The molecule has 0 spiro atoms. The number of allylic oxidation sites excluding steroid dienone is 1. The summed E-state index contributed by atoms with van der Waals surface area (Å²) in [7, 11) is 0. The molecule has 5 rings (SSSR count). The largest absolute Gasteiger partial charge is 0.240 e. The summed E-state index contributed by atoms with van der Waals surface area (Å²) < 4.78 is 1.87. The maximum absolute atomic E-state index is 9.96. The van der Waals surface area contributed by atoms with Gasteiger partial charge in [0.05, 0.1) is 22.6 Å². The summed E-state index contributed by atoms with van der Waals surface area (Å²) in [5, 5.41) is 15.6. The Kier molecular flexibility index (Phi) is 5.23. The van der Waals surface area contributed by atoms with Crippen LogP contribution in [0.2, 0.25) is 0 Å². The van der Waals surface area contributed by atoms with Gasteiger partial charge < -0.3 is 0 Å². The fourth-order valence-electron chi connectivity index (χ4n) is 3.98. The van der Waals surface area contributed by atoms with E-state index in [1.165, 1.54) is 17.0 Å². The number of para-hydroxylation sites is 1. The van der Waals surface area contributed by atoms with Crippen molar-refractivity contribution < 1.29 is 0 Å². The van der Waals surface area contributed by atoms with Crippen LogP contribution in [-0.2, 0) is 12.8 Å². The van der Waals surface area contributed by atoms with Crippen LogP contribution in [0.5, 0.6) is 0 Å². The Bertz CT molecular complexity index is 1280. The summed E-state index contributed by atoms with van der Waals surface area (Å²) in [4.78, 5) is 6.15. The van der Waals surface area contributed by atoms with Gasteiger partial charge in [-0.2, -0.15) is 10.4 Å². The lowest BCUT2D eigenvalue weighted by Gasteiger charge is -2.15. The number of hydrogen-bond acceptors (Lipinski definition) is 4. The van der Waals surface area contributed by atoms with Crippen molar-refractivity contribution in [3.8, 4) is 23.0 Å². The van der Waals surface area contributed by atoms with Gasteiger partial charge in [-0.15, -0.1) is 11.3 Å². The van der Waals surface area contributed by atoms with E-state index in [9.17, 15) is 5.26 Å². The summed E-state index contributed by atoms with van der Waals surface area (Å²) in [6, 6.07) is 22.5. The summed E-state index contributed by atoms with van der Waals surface area (Å²) in [6.45, 7) is 2.29. The molecule has 1 atom stereocenters. The van der Waals surface area contributed by atoms with Crippen LogP contribution in [0.15, 0.2) is 66.9 Å². The van der Waals surface area contributed by atoms with Gasteiger partial charge in [-0.25, -0.2) is 9.67 Å². The Balaban J connectivity index is 1.61. The van der Waals surface area contributed by atoms with Gasteiger partial charge in [-0.3, -0.25) is 0 Å². The Labute approximate surface area is 186 Å². The van der Waals surface area contributed by atoms with E-state index in [2.05, 4.69) is 13.0 Å². The number of aryl methyl sites for hydroxylation is 1. The number of rotatable bonds is 4. The topological polar surface area (TPSA) is 54.5 Å². The molecule has 2 heterocycles. The molecule has 0 saturated carbocycles. The highest BCUT2D eigenvalue weighted by atomic mass is 32.1. The highest BCUT2D eigenvalue weighted by Crippen LogP contribution is 2.34. The van der Waals surface area contributed by atoms with Gasteiger partial charge in [0.15, 0.2) is 0 Å². The van der Waals surface area contributed by atoms with E-state index >= 15 is 0 Å². The quantitative estimate of drug-likeness (QED) is 0.369. The third-order valence-corrected chi connectivity index (χ3v) is 6.80. The van der Waals surface area contributed by atoms with Gasteiger partial charge in [-0.1, -0.05) is 55.5 Å². The van der Waals surface area contributed by atoms with Crippen LogP contribution in [0.4, 0.5) is 0 Å². The molecule has 0 saturated heterocycles. The minimum Gasteiger partial charge on any atom is -0.240 e. The zero-order chi connectivity index (χ0) is 21.2. The van der Waals surface area contributed by atoms with Gasteiger partial charge in [0.1, 0.15) is 11.1 Å². The molecule has 0 radical (unpaired) electrons. The lowest BCUT2D eigenvalue weighted by molar-refractivity contribution is 0.502. The molecule has 4 aromatic rings. The Morgan fingerprint density at radius 3 is 2.61 bits per heavy atom. The summed E-state index contributed by atoms with van der Waals surface area (Å²) in [6.07, 6.45) is 7.16. The van der Waals surface area contributed by atoms with Crippen molar-refractivity contribution in [3.05, 3.63) is 88.0 Å². The zero-order valence-corrected chi connectivity index (χ0v) is 18.1. The maximum Gasteiger partial charge on any atom is 0.134 e. The van der Waals surface area contributed by atoms with Gasteiger partial charge in [-0.05, 0) is 43.4 Å². The van der Waals surface area contributed by atoms with E-state index in [0.29, 0.717) is 11.5 Å². The molecule has 0 fully saturated rings. The summed E-state index contributed by atoms with van der Waals surface area (Å²) in [5.74, 6) is 0.684. The second-order valence-corrected chi connectivity index (χ2v) is 9.07. The van der Waals surface area contributed by atoms with Gasteiger partial charge >= 0.3 is 0 Å². The van der Waals surface area contributed by atoms with E-state index in [1.54, 1.807) is 11.3 Å². The molecule has 152 valence electrons. The Morgan fingerprint density at radius 2 is 1.87 bits per heavy atom. The van der Waals surface area contributed by atoms with Crippen LogP contribution in [0.3, 0.4) is 0 Å². The average molecular weight is 423 g/mol. The van der Waals surface area contributed by atoms with Crippen molar-refractivity contribution in [1.29, 1.82) is 5.26 Å². The molecular formula is C26H22N4S. The number of aromatic nitrogens is 3. The second kappa shape index (κ2) is 8.33. The van der Waals surface area contributed by atoms with Crippen LogP contribution in [-0.4, -0.2) is 14.8 Å². The average Bonchev–Trinajstić information content (AvgIpc) is 3.42. The van der Waals surface area contributed by atoms with E-state index in [1.807, 2.05) is 77.6 Å². The molecule has 31 heavy (non-hydrogen) atoms. The van der Waals surface area contributed by atoms with E-state index in [-0.39, 0.29) is 0 Å². The van der Waals surface area contributed by atoms with Crippen molar-refractivity contribution in [2.24, 2.45) is 5.92 Å². The zero-order valence-electron chi connectivity index (χ0n) is 17.3. The highest BCUT2D eigenvalue weighted by Gasteiger charge is 2.21. The SMILES string of the molecule is CC1CCc2nc(C(C#N)=Cc3cn(-c4ccccc4)nc3-c3ccccc3)sc2C1. The third-order valence-electron chi connectivity index (χ3n) is 5.65. The van der Waals surface area contributed by atoms with E-state index in [4.69, 9.17) is 10.1 Å². The first-order valence-electron chi connectivity index (χ1n) is 10.5. The molecule has 1 unspecified atom stereocenters. The van der Waals surface area contributed by atoms with Crippen LogP contribution >= 0.6 is 11.3 Å². The molecule has 2 aromatic carbocycles. The minimum absolute atomic E-state index is 0.594. The molecule has 1 aliphatic rings. The fourth-order valence-corrected chi connectivity index (χ4v) is 5.22. The lowest BCUT2D eigenvalue weighted by Crippen LogP contribution is -2.09. The first kappa shape index (κ1) is 19.5. The van der Waals surface area contributed by atoms with Crippen molar-refractivity contribution in [3.63, 3.8) is 0 Å². The molecule has 2 aromatic heterocycles. The predicted molar refractivity (Wildman–Crippen MR) is 126 cm³/mol. The predicted octanol–water partition coefficient (Wildman–Crippen LogP) is 6.18. The van der Waals surface area contributed by atoms with Crippen molar-refractivity contribution in [1.82, 2.24) is 14.8 Å². The number of fused-ring (bicyclic) bond motifs is 1. The molecule has 5 heteroatoms. The number of nitriles is 1. The van der Waals surface area contributed by atoms with Crippen LogP contribution < -0.4 is 0 Å². The minimum atomic E-state index is 0.594. The van der Waals surface area contributed by atoms with Gasteiger partial charge in [0.25, 0.3) is 0 Å². The van der Waals surface area contributed by atoms with Crippen molar-refractivity contribution in [2.45, 2.75) is 26.2 Å². The lowest BCUT2D eigenvalue weighted by atomic mass is 9.93.